The Morgan fingerprint density at radius 1 is 0.308 bits per heavy atom. The average Bonchev–Trinajstić information content (AvgIpc) is 3.72. The predicted molar refractivity (Wildman–Crippen MR) is 274 cm³/mol. The van der Waals surface area contributed by atoms with Crippen molar-refractivity contribution in [1.29, 1.82) is 0 Å². The molecular formula is C57H41N2O3P3. The summed E-state index contributed by atoms with van der Waals surface area (Å²) in [7, 11) is -10.1. The molecular weight excluding hydrogens is 854 g/mol. The number of benzene rings is 9. The zero-order valence-corrected chi connectivity index (χ0v) is 37.8. The topological polar surface area (TPSA) is 69.0 Å². The quantitative estimate of drug-likeness (QED) is 0.128. The molecule has 0 fully saturated rings. The first-order chi connectivity index (χ1) is 31.9. The van der Waals surface area contributed by atoms with Crippen molar-refractivity contribution in [3.63, 3.8) is 0 Å². The molecule has 11 aromatic rings. The van der Waals surface area contributed by atoms with E-state index in [1.807, 2.05) is 218 Å². The van der Waals surface area contributed by atoms with Crippen LogP contribution in [0.2, 0.25) is 0 Å². The Balaban J connectivity index is 1.16. The highest BCUT2D eigenvalue weighted by molar-refractivity contribution is 7.86. The number of nitrogens with zero attached hydrogens (tertiary/aromatic N) is 2. The fraction of sp³-hybridized carbons (Fsp3) is 0. The summed E-state index contributed by atoms with van der Waals surface area (Å²) in [6, 6.07) is 78.5. The normalized spacial score (nSPS) is 12.9. The van der Waals surface area contributed by atoms with Crippen LogP contribution < -0.4 is 47.7 Å². The molecule has 65 heavy (non-hydrogen) atoms. The monoisotopic (exact) mass is 894 g/mol. The Morgan fingerprint density at radius 2 is 0.646 bits per heavy atom. The van der Waals surface area contributed by atoms with Crippen LogP contribution in [-0.4, -0.2) is 9.55 Å². The smallest absolute Gasteiger partial charge is 0.171 e. The van der Waals surface area contributed by atoms with E-state index < -0.39 is 21.4 Å². The lowest BCUT2D eigenvalue weighted by atomic mass is 10.1. The maximum atomic E-state index is 16.2. The second-order valence-electron chi connectivity index (χ2n) is 16.1. The highest BCUT2D eigenvalue weighted by Gasteiger charge is 2.34. The largest absolute Gasteiger partial charge is 0.309 e. The third-order valence-electron chi connectivity index (χ3n) is 12.5. The van der Waals surface area contributed by atoms with E-state index in [0.717, 1.165) is 64.9 Å². The molecule has 0 aliphatic heterocycles. The molecule has 0 bridgehead atoms. The molecule has 0 saturated heterocycles. The molecule has 11 rings (SSSR count). The van der Waals surface area contributed by atoms with Gasteiger partial charge in [0.25, 0.3) is 0 Å². The van der Waals surface area contributed by atoms with E-state index in [-0.39, 0.29) is 0 Å². The fourth-order valence-corrected chi connectivity index (χ4v) is 17.3. The van der Waals surface area contributed by atoms with Gasteiger partial charge in [-0.3, -0.25) is 4.98 Å². The van der Waals surface area contributed by atoms with Crippen molar-refractivity contribution in [3.8, 4) is 5.69 Å². The van der Waals surface area contributed by atoms with Crippen LogP contribution in [0.25, 0.3) is 38.4 Å². The molecule has 5 nitrogen and oxygen atoms in total. The Labute approximate surface area is 377 Å². The molecule has 8 heteroatoms. The summed E-state index contributed by atoms with van der Waals surface area (Å²) in [5.74, 6) is 0. The lowest BCUT2D eigenvalue weighted by molar-refractivity contribution is 0.591. The lowest BCUT2D eigenvalue weighted by Crippen LogP contribution is -2.25. The van der Waals surface area contributed by atoms with Gasteiger partial charge in [-0.1, -0.05) is 170 Å². The SMILES string of the molecule is O=P(c1ccccc1)(c1ccccc1)c1ccc(-n2c3ccc(P(=O)(c4ccccc4)c4ccccc4)cc3c3cc(P(=O)(c4ccccc4)c4ccc5cccnc5c4)ccc32)cc1. The van der Waals surface area contributed by atoms with Gasteiger partial charge in [0.1, 0.15) is 0 Å². The molecule has 2 aromatic heterocycles. The first-order valence-corrected chi connectivity index (χ1v) is 26.6. The van der Waals surface area contributed by atoms with Crippen LogP contribution in [0, 0.1) is 0 Å². The van der Waals surface area contributed by atoms with Gasteiger partial charge < -0.3 is 18.3 Å². The van der Waals surface area contributed by atoms with Gasteiger partial charge in [-0.25, -0.2) is 0 Å². The molecule has 1 unspecified atom stereocenters. The van der Waals surface area contributed by atoms with E-state index in [9.17, 15) is 0 Å². The average molecular weight is 895 g/mol. The highest BCUT2D eigenvalue weighted by atomic mass is 31.2. The van der Waals surface area contributed by atoms with Crippen LogP contribution in [0.3, 0.4) is 0 Å². The standard InChI is InChI=1S/C57H41N2O3P3/c60-63(44-18-6-1-7-19-44,45-20-8-2-9-21-45)49-32-29-43(30-33-49)59-56-36-34-50(64(61,46-22-10-3-11-23-46)47-24-12-4-13-25-47)39-53(56)54-40-51(35-37-57(54)59)65(62,48-26-14-5-15-27-48)52-31-28-42-17-16-38-58-55(42)41-52/h1-41H. The summed E-state index contributed by atoms with van der Waals surface area (Å²) >= 11 is 0. The molecule has 0 amide bonds. The molecule has 0 aliphatic rings. The minimum atomic E-state index is -3.48. The maximum absolute atomic E-state index is 16.2. The third-order valence-corrected chi connectivity index (χ3v) is 21.7. The number of rotatable bonds is 10. The predicted octanol–water partition coefficient (Wildman–Crippen LogP) is 10.3. The maximum Gasteiger partial charge on any atom is 0.171 e. The zero-order valence-electron chi connectivity index (χ0n) is 35.1. The molecule has 0 aliphatic carbocycles. The van der Waals surface area contributed by atoms with Crippen molar-refractivity contribution in [2.45, 2.75) is 0 Å². The Bertz CT molecular complexity index is 3590. The van der Waals surface area contributed by atoms with E-state index in [1.54, 1.807) is 6.20 Å². The van der Waals surface area contributed by atoms with E-state index in [0.29, 0.717) is 21.2 Å². The van der Waals surface area contributed by atoms with Crippen LogP contribution in [-0.2, 0) is 13.7 Å². The van der Waals surface area contributed by atoms with E-state index in [4.69, 9.17) is 0 Å². The van der Waals surface area contributed by atoms with Crippen LogP contribution in [0.5, 0.6) is 0 Å². The van der Waals surface area contributed by atoms with Crippen molar-refractivity contribution in [2.24, 2.45) is 0 Å². The van der Waals surface area contributed by atoms with Crippen molar-refractivity contribution in [2.75, 3.05) is 0 Å². The molecule has 1 atom stereocenters. The summed E-state index contributed by atoms with van der Waals surface area (Å²) in [6.07, 6.45) is 1.76. The van der Waals surface area contributed by atoms with Gasteiger partial charge in [0.2, 0.25) is 0 Å². The van der Waals surface area contributed by atoms with Crippen molar-refractivity contribution >= 4 is 102 Å². The number of hydrogen-bond donors (Lipinski definition) is 0. The molecule has 2 heterocycles. The Kier molecular flexibility index (Phi) is 10.3. The van der Waals surface area contributed by atoms with E-state index >= 15 is 13.7 Å². The molecule has 0 radical (unpaired) electrons. The number of fused-ring (bicyclic) bond motifs is 4. The van der Waals surface area contributed by atoms with Gasteiger partial charge in [-0.15, -0.1) is 0 Å². The van der Waals surface area contributed by atoms with Crippen molar-refractivity contribution in [1.82, 2.24) is 9.55 Å². The summed E-state index contributed by atoms with van der Waals surface area (Å²) < 4.78 is 49.6. The molecule has 312 valence electrons. The summed E-state index contributed by atoms with van der Waals surface area (Å²) in [5.41, 5.74) is 3.41. The second-order valence-corrected chi connectivity index (χ2v) is 24.4. The van der Waals surface area contributed by atoms with Crippen LogP contribution in [0.4, 0.5) is 0 Å². The molecule has 0 saturated carbocycles. The number of pyridine rings is 1. The summed E-state index contributed by atoms with van der Waals surface area (Å²) in [5, 5.41) is 9.22. The minimum Gasteiger partial charge on any atom is -0.309 e. The van der Waals surface area contributed by atoms with Gasteiger partial charge in [-0.2, -0.15) is 0 Å². The van der Waals surface area contributed by atoms with Crippen molar-refractivity contribution < 1.29 is 13.7 Å². The second kappa shape index (κ2) is 16.5. The fourth-order valence-electron chi connectivity index (χ4n) is 9.26. The highest BCUT2D eigenvalue weighted by Crippen LogP contribution is 2.47. The first kappa shape index (κ1) is 40.6. The van der Waals surface area contributed by atoms with E-state index in [2.05, 4.69) is 33.8 Å². The number of hydrogen-bond acceptors (Lipinski definition) is 4. The van der Waals surface area contributed by atoms with Gasteiger partial charge in [0.05, 0.1) is 16.6 Å². The van der Waals surface area contributed by atoms with E-state index in [1.165, 1.54) is 0 Å². The lowest BCUT2D eigenvalue weighted by Gasteiger charge is -2.21. The first-order valence-electron chi connectivity index (χ1n) is 21.5. The molecule has 0 spiro atoms. The van der Waals surface area contributed by atoms with Gasteiger partial charge in [0, 0.05) is 75.8 Å². The zero-order chi connectivity index (χ0) is 44.0. The van der Waals surface area contributed by atoms with Crippen molar-refractivity contribution in [3.05, 3.63) is 249 Å². The van der Waals surface area contributed by atoms with Crippen LogP contribution in [0.15, 0.2) is 249 Å². The van der Waals surface area contributed by atoms with Crippen LogP contribution in [0.1, 0.15) is 0 Å². The number of aromatic nitrogens is 2. The summed E-state index contributed by atoms with van der Waals surface area (Å²) in [6.45, 7) is 0. The third kappa shape index (κ3) is 6.79. The van der Waals surface area contributed by atoms with Gasteiger partial charge in [0.15, 0.2) is 21.4 Å². The molecule has 9 aromatic carbocycles. The van der Waals surface area contributed by atoms with Crippen LogP contribution >= 0.6 is 21.4 Å². The Hall–Kier alpha value is -7.12. The minimum absolute atomic E-state index is 0.673. The van der Waals surface area contributed by atoms with Gasteiger partial charge >= 0.3 is 0 Å². The Morgan fingerprint density at radius 3 is 1.08 bits per heavy atom. The molecule has 0 N–H and O–H groups in total. The van der Waals surface area contributed by atoms with Gasteiger partial charge in [-0.05, 0) is 72.8 Å². The summed E-state index contributed by atoms with van der Waals surface area (Å²) in [4.78, 5) is 4.64.